The molecule has 3 atom stereocenters. The van der Waals surface area contributed by atoms with E-state index in [1.54, 1.807) is 4.90 Å². The van der Waals surface area contributed by atoms with E-state index in [-0.39, 0.29) is 29.9 Å². The van der Waals surface area contributed by atoms with Crippen LogP contribution < -0.4 is 0 Å². The van der Waals surface area contributed by atoms with Crippen LogP contribution in [0, 0.1) is 17.6 Å². The molecule has 1 aromatic rings. The van der Waals surface area contributed by atoms with Crippen molar-refractivity contribution in [2.24, 2.45) is 5.92 Å². The minimum atomic E-state index is -0.961. The molecule has 23 heavy (non-hydrogen) atoms. The van der Waals surface area contributed by atoms with E-state index in [1.165, 1.54) is 12.1 Å². The van der Waals surface area contributed by atoms with Crippen molar-refractivity contribution >= 4 is 5.91 Å². The van der Waals surface area contributed by atoms with Gasteiger partial charge in [-0.05, 0) is 25.3 Å². The van der Waals surface area contributed by atoms with Gasteiger partial charge in [-0.2, -0.15) is 0 Å². The second-order valence-corrected chi connectivity index (χ2v) is 6.28. The number of hydrogen-bond acceptors (Lipinski definition) is 3. The molecule has 3 rings (SSSR count). The van der Waals surface area contributed by atoms with Crippen LogP contribution in [-0.2, 0) is 16.0 Å². The lowest BCUT2D eigenvalue weighted by atomic mass is 9.89. The lowest BCUT2D eigenvalue weighted by molar-refractivity contribution is -0.135. The van der Waals surface area contributed by atoms with E-state index >= 15 is 0 Å². The number of likely N-dealkylation sites (tertiary alicyclic amines) is 1. The van der Waals surface area contributed by atoms with Crippen molar-refractivity contribution in [3.8, 4) is 0 Å². The maximum Gasteiger partial charge on any atom is 0.227 e. The van der Waals surface area contributed by atoms with Crippen LogP contribution >= 0.6 is 0 Å². The van der Waals surface area contributed by atoms with Crippen molar-refractivity contribution in [3.63, 3.8) is 0 Å². The number of halogens is 2. The number of aliphatic hydroxyl groups is 1. The number of rotatable bonds is 3. The number of benzene rings is 1. The highest BCUT2D eigenvalue weighted by molar-refractivity contribution is 5.79. The van der Waals surface area contributed by atoms with E-state index in [1.807, 2.05) is 0 Å². The molecule has 0 radical (unpaired) electrons. The average Bonchev–Trinajstić information content (AvgIpc) is 3.02. The summed E-state index contributed by atoms with van der Waals surface area (Å²) in [4.78, 5) is 14.3. The van der Waals surface area contributed by atoms with E-state index in [9.17, 15) is 18.7 Å². The molecule has 0 bridgehead atoms. The minimum Gasteiger partial charge on any atom is -0.393 e. The Morgan fingerprint density at radius 3 is 2.96 bits per heavy atom. The summed E-state index contributed by atoms with van der Waals surface area (Å²) in [7, 11) is 0. The van der Waals surface area contributed by atoms with Crippen LogP contribution in [0.15, 0.2) is 18.2 Å². The van der Waals surface area contributed by atoms with E-state index in [0.717, 1.165) is 18.9 Å². The van der Waals surface area contributed by atoms with E-state index in [0.29, 0.717) is 26.2 Å². The van der Waals surface area contributed by atoms with Gasteiger partial charge in [-0.15, -0.1) is 0 Å². The normalized spacial score (nSPS) is 28.1. The van der Waals surface area contributed by atoms with Crippen LogP contribution in [0.2, 0.25) is 0 Å². The van der Waals surface area contributed by atoms with E-state index in [4.69, 9.17) is 4.74 Å². The zero-order valence-electron chi connectivity index (χ0n) is 12.9. The van der Waals surface area contributed by atoms with Gasteiger partial charge in [0.2, 0.25) is 5.91 Å². The highest BCUT2D eigenvalue weighted by Crippen LogP contribution is 2.30. The SMILES string of the molecule is O=C(Cc1cccc(F)c1F)N1CCC[C@@H]1[C@H]1COCC[C@H]1O. The third-order valence-corrected chi connectivity index (χ3v) is 4.85. The lowest BCUT2D eigenvalue weighted by Gasteiger charge is -2.37. The van der Waals surface area contributed by atoms with Crippen molar-refractivity contribution in [2.45, 2.75) is 37.8 Å². The molecule has 126 valence electrons. The van der Waals surface area contributed by atoms with Crippen LogP contribution in [0.1, 0.15) is 24.8 Å². The first-order valence-electron chi connectivity index (χ1n) is 8.06. The summed E-state index contributed by atoms with van der Waals surface area (Å²) in [5.74, 6) is -2.23. The van der Waals surface area contributed by atoms with Gasteiger partial charge in [-0.25, -0.2) is 8.78 Å². The highest BCUT2D eigenvalue weighted by atomic mass is 19.2. The molecule has 1 amide bonds. The van der Waals surface area contributed by atoms with E-state index in [2.05, 4.69) is 0 Å². The zero-order valence-corrected chi connectivity index (χ0v) is 12.9. The largest absolute Gasteiger partial charge is 0.393 e. The molecule has 0 aromatic heterocycles. The molecule has 2 aliphatic heterocycles. The van der Waals surface area contributed by atoms with Crippen LogP contribution in [0.5, 0.6) is 0 Å². The van der Waals surface area contributed by atoms with Gasteiger partial charge in [0.15, 0.2) is 11.6 Å². The number of nitrogens with zero attached hydrogens (tertiary/aromatic N) is 1. The molecule has 0 unspecified atom stereocenters. The van der Waals surface area contributed by atoms with Gasteiger partial charge in [0.1, 0.15) is 0 Å². The topological polar surface area (TPSA) is 49.8 Å². The number of amides is 1. The number of carbonyl (C=O) groups excluding carboxylic acids is 1. The predicted molar refractivity (Wildman–Crippen MR) is 79.7 cm³/mol. The number of ether oxygens (including phenoxy) is 1. The zero-order chi connectivity index (χ0) is 16.4. The molecule has 2 aliphatic rings. The van der Waals surface area contributed by atoms with Crippen molar-refractivity contribution in [3.05, 3.63) is 35.4 Å². The lowest BCUT2D eigenvalue weighted by Crippen LogP contribution is -2.48. The maximum absolute atomic E-state index is 13.8. The van der Waals surface area contributed by atoms with Crippen molar-refractivity contribution in [2.75, 3.05) is 19.8 Å². The number of aliphatic hydroxyl groups excluding tert-OH is 1. The molecule has 1 aromatic carbocycles. The molecule has 1 N–H and O–H groups in total. The summed E-state index contributed by atoms with van der Waals surface area (Å²) >= 11 is 0. The molecular formula is C17H21F2NO3. The highest BCUT2D eigenvalue weighted by Gasteiger charge is 2.39. The van der Waals surface area contributed by atoms with Crippen LogP contribution in [0.3, 0.4) is 0 Å². The summed E-state index contributed by atoms with van der Waals surface area (Å²) in [6.45, 7) is 1.56. The van der Waals surface area contributed by atoms with Crippen LogP contribution in [-0.4, -0.2) is 47.8 Å². The van der Waals surface area contributed by atoms with Crippen molar-refractivity contribution in [1.82, 2.24) is 4.90 Å². The first-order chi connectivity index (χ1) is 11.1. The Bertz CT molecular complexity index is 581. The van der Waals surface area contributed by atoms with Gasteiger partial charge in [-0.1, -0.05) is 12.1 Å². The van der Waals surface area contributed by atoms with Crippen LogP contribution in [0.25, 0.3) is 0 Å². The molecule has 4 nitrogen and oxygen atoms in total. The minimum absolute atomic E-state index is 0.0705. The van der Waals surface area contributed by atoms with Crippen LogP contribution in [0.4, 0.5) is 8.78 Å². The summed E-state index contributed by atoms with van der Waals surface area (Å²) in [5.41, 5.74) is 0.0705. The molecule has 6 heteroatoms. The van der Waals surface area contributed by atoms with E-state index < -0.39 is 17.7 Å². The van der Waals surface area contributed by atoms with Gasteiger partial charge in [0.25, 0.3) is 0 Å². The second-order valence-electron chi connectivity index (χ2n) is 6.28. The number of carbonyl (C=O) groups is 1. The second kappa shape index (κ2) is 6.93. The fraction of sp³-hybridized carbons (Fsp3) is 0.588. The monoisotopic (exact) mass is 325 g/mol. The summed E-state index contributed by atoms with van der Waals surface area (Å²) in [5, 5.41) is 10.2. The van der Waals surface area contributed by atoms with Gasteiger partial charge >= 0.3 is 0 Å². The Balaban J connectivity index is 1.72. The molecular weight excluding hydrogens is 304 g/mol. The maximum atomic E-state index is 13.8. The summed E-state index contributed by atoms with van der Waals surface area (Å²) in [6.07, 6.45) is 1.59. The third kappa shape index (κ3) is 3.38. The first-order valence-corrected chi connectivity index (χ1v) is 8.06. The Morgan fingerprint density at radius 2 is 2.17 bits per heavy atom. The van der Waals surface area contributed by atoms with Gasteiger partial charge in [0, 0.05) is 30.7 Å². The Kier molecular flexibility index (Phi) is 4.92. The Labute approximate surface area is 134 Å². The fourth-order valence-electron chi connectivity index (χ4n) is 3.61. The van der Waals surface area contributed by atoms with Gasteiger partial charge < -0.3 is 14.7 Å². The average molecular weight is 325 g/mol. The molecule has 2 saturated heterocycles. The Hall–Kier alpha value is -1.53. The van der Waals surface area contributed by atoms with Gasteiger partial charge in [0.05, 0.1) is 19.1 Å². The summed E-state index contributed by atoms with van der Waals surface area (Å²) < 4.78 is 32.5. The first kappa shape index (κ1) is 16.3. The third-order valence-electron chi connectivity index (χ3n) is 4.85. The molecule has 2 heterocycles. The van der Waals surface area contributed by atoms with Gasteiger partial charge in [-0.3, -0.25) is 4.79 Å². The smallest absolute Gasteiger partial charge is 0.227 e. The standard InChI is InChI=1S/C17H21F2NO3/c18-13-4-1-3-11(17(13)19)9-16(22)20-7-2-5-14(20)12-10-23-8-6-15(12)21/h1,3-4,12,14-15,21H,2,5-10H2/t12-,14-,15-/m1/s1. The predicted octanol–water partition coefficient (Wildman–Crippen LogP) is 1.90. The van der Waals surface area contributed by atoms with Crippen molar-refractivity contribution in [1.29, 1.82) is 0 Å². The van der Waals surface area contributed by atoms with Crippen molar-refractivity contribution < 1.29 is 23.4 Å². The molecule has 0 spiro atoms. The fourth-order valence-corrected chi connectivity index (χ4v) is 3.61. The molecule has 0 saturated carbocycles. The quantitative estimate of drug-likeness (QED) is 0.923. The molecule has 0 aliphatic carbocycles. The Morgan fingerprint density at radius 1 is 1.35 bits per heavy atom. The number of hydrogen-bond donors (Lipinski definition) is 1. The molecule has 2 fully saturated rings. The summed E-state index contributed by atoms with van der Waals surface area (Å²) in [6, 6.07) is 3.79.